The van der Waals surface area contributed by atoms with E-state index in [0.29, 0.717) is 11.1 Å². The van der Waals surface area contributed by atoms with Gasteiger partial charge in [0.05, 0.1) is 34.4 Å². The lowest BCUT2D eigenvalue weighted by Gasteiger charge is -2.03. The Bertz CT molecular complexity index is 937. The predicted molar refractivity (Wildman–Crippen MR) is 109 cm³/mol. The van der Waals surface area contributed by atoms with Gasteiger partial charge in [0.2, 0.25) is 0 Å². The normalized spacial score (nSPS) is 9.43. The molecule has 0 bridgehead atoms. The maximum atomic E-state index is 11.7. The van der Waals surface area contributed by atoms with Gasteiger partial charge in [-0.1, -0.05) is 35.0 Å². The van der Waals surface area contributed by atoms with Crippen LogP contribution >= 0.6 is 23.2 Å². The number of carbonyl (C=O) groups excluding carboxylic acids is 2. The zero-order valence-electron chi connectivity index (χ0n) is 15.3. The molecule has 0 saturated heterocycles. The third-order valence-corrected chi connectivity index (χ3v) is 4.03. The van der Waals surface area contributed by atoms with Crippen LogP contribution in [0.5, 0.6) is 0 Å². The maximum Gasteiger partial charge on any atom is 0.339 e. The third-order valence-electron chi connectivity index (χ3n) is 3.41. The number of benzene rings is 2. The number of esters is 2. The summed E-state index contributed by atoms with van der Waals surface area (Å²) >= 11 is 12.2. The van der Waals surface area contributed by atoms with Gasteiger partial charge in [-0.2, -0.15) is 0 Å². The summed E-state index contributed by atoms with van der Waals surface area (Å²) in [6.45, 7) is 4.00. The molecule has 0 radical (unpaired) electrons. The van der Waals surface area contributed by atoms with Crippen molar-refractivity contribution in [3.05, 3.63) is 68.7 Å². The van der Waals surface area contributed by atoms with Gasteiger partial charge in [0.15, 0.2) is 0 Å². The third kappa shape index (κ3) is 5.79. The minimum Gasteiger partial charge on any atom is -0.462 e. The fourth-order valence-corrected chi connectivity index (χ4v) is 2.66. The molecular weight excluding hydrogens is 399 g/mol. The largest absolute Gasteiger partial charge is 0.462 e. The van der Waals surface area contributed by atoms with Crippen LogP contribution in [0.1, 0.15) is 45.7 Å². The molecule has 2 aromatic carbocycles. The monoisotopic (exact) mass is 414 g/mol. The van der Waals surface area contributed by atoms with Crippen LogP contribution in [0.4, 0.5) is 0 Å². The molecule has 0 amide bonds. The van der Waals surface area contributed by atoms with Gasteiger partial charge in [-0.15, -0.1) is 0 Å². The van der Waals surface area contributed by atoms with E-state index in [-0.39, 0.29) is 34.4 Å². The van der Waals surface area contributed by atoms with Crippen LogP contribution in [-0.2, 0) is 9.47 Å². The van der Waals surface area contributed by atoms with E-state index in [1.165, 1.54) is 0 Å². The summed E-state index contributed by atoms with van der Waals surface area (Å²) < 4.78 is 9.84. The van der Waals surface area contributed by atoms with Crippen LogP contribution in [0.2, 0.25) is 10.0 Å². The van der Waals surface area contributed by atoms with Gasteiger partial charge < -0.3 is 9.47 Å². The molecule has 0 fully saturated rings. The van der Waals surface area contributed by atoms with Crippen molar-refractivity contribution in [1.82, 2.24) is 0 Å². The lowest BCUT2D eigenvalue weighted by atomic mass is 10.1. The van der Waals surface area contributed by atoms with Crippen molar-refractivity contribution in [1.29, 1.82) is 0 Å². The molecule has 28 heavy (non-hydrogen) atoms. The Hall–Kier alpha value is -2.92. The average Bonchev–Trinajstić information content (AvgIpc) is 2.65. The average molecular weight is 415 g/mol. The molecule has 0 N–H and O–H groups in total. The van der Waals surface area contributed by atoms with E-state index in [4.69, 9.17) is 32.7 Å². The topological polar surface area (TPSA) is 52.6 Å². The number of carbonyl (C=O) groups is 2. The highest BCUT2D eigenvalue weighted by molar-refractivity contribution is 6.34. The summed E-state index contributed by atoms with van der Waals surface area (Å²) in [4.78, 5) is 23.4. The molecule has 0 aliphatic carbocycles. The minimum atomic E-state index is -0.477. The van der Waals surface area contributed by atoms with E-state index >= 15 is 0 Å². The summed E-state index contributed by atoms with van der Waals surface area (Å²) in [5.41, 5.74) is 1.80. The molecule has 6 heteroatoms. The first-order valence-electron chi connectivity index (χ1n) is 8.41. The van der Waals surface area contributed by atoms with Crippen molar-refractivity contribution in [2.45, 2.75) is 13.8 Å². The number of hydrogen-bond donors (Lipinski definition) is 0. The van der Waals surface area contributed by atoms with Crippen LogP contribution in [-0.4, -0.2) is 25.2 Å². The molecule has 0 aliphatic heterocycles. The standard InChI is InChI=1S/C22H16Cl2O4/c1-3-27-21(25)17-11-9-15(13-19(17)23)7-5-6-8-16-10-12-18(20(24)14-16)22(26)28-4-2/h9-14H,3-4H2,1-2H3. The molecule has 0 atom stereocenters. The van der Waals surface area contributed by atoms with Gasteiger partial charge in [0.25, 0.3) is 0 Å². The lowest BCUT2D eigenvalue weighted by Crippen LogP contribution is -2.05. The Balaban J connectivity index is 2.13. The highest BCUT2D eigenvalue weighted by Crippen LogP contribution is 2.19. The van der Waals surface area contributed by atoms with Crippen LogP contribution in [0.25, 0.3) is 0 Å². The highest BCUT2D eigenvalue weighted by Gasteiger charge is 2.12. The zero-order valence-corrected chi connectivity index (χ0v) is 16.8. The summed E-state index contributed by atoms with van der Waals surface area (Å²) in [6, 6.07) is 9.61. The van der Waals surface area contributed by atoms with Crippen LogP contribution in [0.3, 0.4) is 0 Å². The quantitative estimate of drug-likeness (QED) is 0.534. The van der Waals surface area contributed by atoms with Gasteiger partial charge in [-0.3, -0.25) is 0 Å². The second-order valence-corrected chi connectivity index (χ2v) is 6.14. The first-order valence-corrected chi connectivity index (χ1v) is 9.17. The molecule has 0 aliphatic rings. The SMILES string of the molecule is CCOC(=O)c1ccc(C#CC#Cc2ccc(C(=O)OCC)c(Cl)c2)cc1Cl. The molecule has 142 valence electrons. The highest BCUT2D eigenvalue weighted by atomic mass is 35.5. The number of halogens is 2. The van der Waals surface area contributed by atoms with Crippen molar-refractivity contribution in [3.63, 3.8) is 0 Å². The van der Waals surface area contributed by atoms with Crippen molar-refractivity contribution < 1.29 is 19.1 Å². The summed E-state index contributed by atoms with van der Waals surface area (Å²) in [5, 5.41) is 0.527. The predicted octanol–water partition coefficient (Wildman–Crippen LogP) is 4.75. The second kappa shape index (κ2) is 10.4. The van der Waals surface area contributed by atoms with Gasteiger partial charge >= 0.3 is 11.9 Å². The minimum absolute atomic E-state index is 0.263. The molecule has 0 saturated carbocycles. The molecule has 2 aromatic rings. The fraction of sp³-hybridized carbons (Fsp3) is 0.182. The molecule has 2 rings (SSSR count). The number of hydrogen-bond acceptors (Lipinski definition) is 4. The van der Waals surface area contributed by atoms with Crippen molar-refractivity contribution in [3.8, 4) is 23.7 Å². The fourth-order valence-electron chi connectivity index (χ4n) is 2.14. The van der Waals surface area contributed by atoms with Crippen LogP contribution in [0, 0.1) is 23.7 Å². The Morgan fingerprint density at radius 1 is 0.786 bits per heavy atom. The summed E-state index contributed by atoms with van der Waals surface area (Å²) in [7, 11) is 0. The number of rotatable bonds is 4. The van der Waals surface area contributed by atoms with E-state index < -0.39 is 11.9 Å². The van der Waals surface area contributed by atoms with Gasteiger partial charge in [-0.05, 0) is 62.1 Å². The van der Waals surface area contributed by atoms with Crippen molar-refractivity contribution in [2.24, 2.45) is 0 Å². The van der Waals surface area contributed by atoms with E-state index in [1.807, 2.05) is 0 Å². The van der Waals surface area contributed by atoms with Crippen LogP contribution in [0.15, 0.2) is 36.4 Å². The van der Waals surface area contributed by atoms with Gasteiger partial charge in [0.1, 0.15) is 0 Å². The van der Waals surface area contributed by atoms with Crippen molar-refractivity contribution >= 4 is 35.1 Å². The Labute approximate surface area is 173 Å². The van der Waals surface area contributed by atoms with Crippen molar-refractivity contribution in [2.75, 3.05) is 13.2 Å². The summed E-state index contributed by atoms with van der Waals surface area (Å²) in [5.74, 6) is 10.2. The zero-order chi connectivity index (χ0) is 20.5. The van der Waals surface area contributed by atoms with Crippen LogP contribution < -0.4 is 0 Å². The van der Waals surface area contributed by atoms with E-state index in [9.17, 15) is 9.59 Å². The number of ether oxygens (including phenoxy) is 2. The Morgan fingerprint density at radius 3 is 1.50 bits per heavy atom. The molecular formula is C22H16Cl2O4. The van der Waals surface area contributed by atoms with E-state index in [0.717, 1.165) is 0 Å². The molecule has 0 spiro atoms. The Morgan fingerprint density at radius 2 is 1.18 bits per heavy atom. The molecule has 0 aromatic heterocycles. The molecule has 4 nitrogen and oxygen atoms in total. The Kier molecular flexibility index (Phi) is 7.96. The molecule has 0 unspecified atom stereocenters. The second-order valence-electron chi connectivity index (χ2n) is 5.33. The van der Waals surface area contributed by atoms with E-state index in [2.05, 4.69) is 23.7 Å². The first kappa shape index (κ1) is 21.4. The lowest BCUT2D eigenvalue weighted by molar-refractivity contribution is 0.0517. The molecule has 0 heterocycles. The van der Waals surface area contributed by atoms with E-state index in [1.54, 1.807) is 50.2 Å². The first-order chi connectivity index (χ1) is 13.5. The smallest absolute Gasteiger partial charge is 0.339 e. The van der Waals surface area contributed by atoms with Gasteiger partial charge in [0, 0.05) is 11.1 Å². The maximum absolute atomic E-state index is 11.7. The van der Waals surface area contributed by atoms with Gasteiger partial charge in [-0.25, -0.2) is 9.59 Å². The summed E-state index contributed by atoms with van der Waals surface area (Å²) in [6.07, 6.45) is 0.